The molecule has 0 amide bonds. The summed E-state index contributed by atoms with van der Waals surface area (Å²) in [4.78, 5) is 8.79. The van der Waals surface area contributed by atoms with Gasteiger partial charge in [0, 0.05) is 6.07 Å². The van der Waals surface area contributed by atoms with Crippen molar-refractivity contribution in [3.8, 4) is 0 Å². The molecule has 0 aromatic heterocycles. The molecule has 0 aliphatic carbocycles. The molecule has 0 atom stereocenters. The van der Waals surface area contributed by atoms with Crippen molar-refractivity contribution >= 4 is 27.4 Å². The Kier molecular flexibility index (Phi) is 2.74. The van der Waals surface area contributed by atoms with Crippen LogP contribution < -0.4 is 0 Å². The fourth-order valence-corrected chi connectivity index (χ4v) is 1.47. The predicted octanol–water partition coefficient (Wildman–Crippen LogP) is 1.15. The first kappa shape index (κ1) is 10.9. The monoisotopic (exact) mass is 236 g/mol. The lowest BCUT2D eigenvalue weighted by atomic mass is 10.3. The van der Waals surface area contributed by atoms with Crippen LogP contribution in [0.5, 0.6) is 0 Å². The van der Waals surface area contributed by atoms with Gasteiger partial charge in [-0.2, -0.15) is 0 Å². The van der Waals surface area contributed by atoms with Crippen molar-refractivity contribution in [3.63, 3.8) is 0 Å². The van der Waals surface area contributed by atoms with Crippen LogP contribution in [-0.4, -0.2) is 17.9 Å². The van der Waals surface area contributed by atoms with Crippen molar-refractivity contribution < 1.29 is 17.9 Å². The summed E-state index contributed by atoms with van der Waals surface area (Å²) in [7, 11) is -4.69. The average molecular weight is 237 g/mol. The van der Waals surface area contributed by atoms with Crippen LogP contribution in [-0.2, 0) is 10.1 Å². The van der Waals surface area contributed by atoms with Crippen LogP contribution in [0.3, 0.4) is 0 Å². The van der Waals surface area contributed by atoms with Crippen LogP contribution in [0, 0.1) is 10.1 Å². The maximum Gasteiger partial charge on any atom is 0.289 e. The first-order valence-corrected chi connectivity index (χ1v) is 5.01. The van der Waals surface area contributed by atoms with Crippen LogP contribution in [0.25, 0.3) is 0 Å². The molecule has 0 aliphatic rings. The summed E-state index contributed by atoms with van der Waals surface area (Å²) in [6, 6.07) is 2.53. The van der Waals surface area contributed by atoms with Gasteiger partial charge in [0.1, 0.15) is 15.1 Å². The van der Waals surface area contributed by atoms with E-state index in [0.29, 0.717) is 6.07 Å². The molecule has 0 unspecified atom stereocenters. The van der Waals surface area contributed by atoms with E-state index in [1.54, 1.807) is 0 Å². The third-order valence-corrected chi connectivity index (χ3v) is 2.55. The summed E-state index contributed by atoms with van der Waals surface area (Å²) in [5.74, 6) is 0. The summed E-state index contributed by atoms with van der Waals surface area (Å²) >= 11 is 5.40. The van der Waals surface area contributed by atoms with Crippen molar-refractivity contribution in [1.29, 1.82) is 0 Å². The van der Waals surface area contributed by atoms with Crippen molar-refractivity contribution in [1.82, 2.24) is 0 Å². The standard InChI is InChI=1S/C6H4ClNO5S/c7-5-2-1-4(14(11,12)13)3-6(5)8(9)10/h1-3H,(H,11,12,13)/p-1. The molecule has 0 fully saturated rings. The zero-order valence-corrected chi connectivity index (χ0v) is 8.08. The maximum atomic E-state index is 10.5. The topological polar surface area (TPSA) is 100 Å². The molecule has 14 heavy (non-hydrogen) atoms. The van der Waals surface area contributed by atoms with Gasteiger partial charge in [0.15, 0.2) is 0 Å². The molecule has 0 N–H and O–H groups in total. The number of nitro benzene ring substituents is 1. The van der Waals surface area contributed by atoms with E-state index in [1.165, 1.54) is 0 Å². The minimum Gasteiger partial charge on any atom is -0.744 e. The zero-order valence-electron chi connectivity index (χ0n) is 6.51. The number of nitro groups is 1. The van der Waals surface area contributed by atoms with Gasteiger partial charge >= 0.3 is 0 Å². The third-order valence-electron chi connectivity index (χ3n) is 1.40. The number of hydrogen-bond donors (Lipinski definition) is 0. The Balaban J connectivity index is 3.42. The van der Waals surface area contributed by atoms with Crippen molar-refractivity contribution in [2.24, 2.45) is 0 Å². The summed E-state index contributed by atoms with van der Waals surface area (Å²) in [6.07, 6.45) is 0. The minimum atomic E-state index is -4.69. The van der Waals surface area contributed by atoms with Crippen molar-refractivity contribution in [3.05, 3.63) is 33.3 Å². The second kappa shape index (κ2) is 3.52. The lowest BCUT2D eigenvalue weighted by Crippen LogP contribution is -1.99. The predicted molar refractivity (Wildman–Crippen MR) is 46.1 cm³/mol. The van der Waals surface area contributed by atoms with Gasteiger partial charge in [0.05, 0.1) is 9.82 Å². The summed E-state index contributed by atoms with van der Waals surface area (Å²) < 4.78 is 31.5. The highest BCUT2D eigenvalue weighted by atomic mass is 35.5. The fraction of sp³-hybridized carbons (Fsp3) is 0. The third kappa shape index (κ3) is 2.19. The molecule has 0 radical (unpaired) electrons. The van der Waals surface area contributed by atoms with Gasteiger partial charge < -0.3 is 4.55 Å². The molecule has 0 saturated carbocycles. The Morgan fingerprint density at radius 2 is 1.93 bits per heavy atom. The van der Waals surface area contributed by atoms with E-state index in [4.69, 9.17) is 11.6 Å². The van der Waals surface area contributed by atoms with E-state index in [-0.39, 0.29) is 5.02 Å². The zero-order chi connectivity index (χ0) is 10.9. The molecule has 0 bridgehead atoms. The molecule has 0 heterocycles. The molecule has 0 aliphatic heterocycles. The van der Waals surface area contributed by atoms with Crippen LogP contribution >= 0.6 is 11.6 Å². The van der Waals surface area contributed by atoms with Gasteiger partial charge in [-0.1, -0.05) is 11.6 Å². The number of rotatable bonds is 2. The lowest BCUT2D eigenvalue weighted by Gasteiger charge is -2.06. The molecular weight excluding hydrogens is 234 g/mol. The first-order valence-electron chi connectivity index (χ1n) is 3.22. The molecule has 76 valence electrons. The largest absolute Gasteiger partial charge is 0.744 e. The van der Waals surface area contributed by atoms with E-state index >= 15 is 0 Å². The normalized spacial score (nSPS) is 11.3. The van der Waals surface area contributed by atoms with Gasteiger partial charge in [-0.05, 0) is 12.1 Å². The molecule has 1 aromatic rings. The Labute approximate surface area is 84.0 Å². The first-order chi connectivity index (χ1) is 6.32. The minimum absolute atomic E-state index is 0.220. The van der Waals surface area contributed by atoms with E-state index < -0.39 is 25.6 Å². The summed E-state index contributed by atoms with van der Waals surface area (Å²) in [5, 5.41) is 10.1. The van der Waals surface area contributed by atoms with E-state index in [2.05, 4.69) is 0 Å². The second-order valence-corrected chi connectivity index (χ2v) is 4.11. The highest BCUT2D eigenvalue weighted by Crippen LogP contribution is 2.26. The van der Waals surface area contributed by atoms with Gasteiger partial charge in [-0.25, -0.2) is 8.42 Å². The Morgan fingerprint density at radius 3 is 2.36 bits per heavy atom. The maximum absolute atomic E-state index is 10.5. The molecule has 8 heteroatoms. The lowest BCUT2D eigenvalue weighted by molar-refractivity contribution is -0.384. The Bertz CT molecular complexity index is 483. The van der Waals surface area contributed by atoms with Crippen LogP contribution in [0.4, 0.5) is 5.69 Å². The van der Waals surface area contributed by atoms with Gasteiger partial charge in [0.2, 0.25) is 0 Å². The van der Waals surface area contributed by atoms with Gasteiger partial charge in [-0.3, -0.25) is 10.1 Å². The quantitative estimate of drug-likeness (QED) is 0.436. The van der Waals surface area contributed by atoms with Crippen LogP contribution in [0.2, 0.25) is 5.02 Å². The number of halogens is 1. The van der Waals surface area contributed by atoms with Gasteiger partial charge in [-0.15, -0.1) is 0 Å². The summed E-state index contributed by atoms with van der Waals surface area (Å²) in [5.41, 5.74) is -0.608. The molecule has 1 aromatic carbocycles. The highest BCUT2D eigenvalue weighted by Gasteiger charge is 2.14. The smallest absolute Gasteiger partial charge is 0.289 e. The number of nitrogens with zero attached hydrogens (tertiary/aromatic N) is 1. The molecule has 1 rings (SSSR count). The van der Waals surface area contributed by atoms with Gasteiger partial charge in [0.25, 0.3) is 5.69 Å². The second-order valence-electron chi connectivity index (χ2n) is 2.32. The fourth-order valence-electron chi connectivity index (χ4n) is 0.788. The Hall–Kier alpha value is -1.18. The molecular formula is C6H3ClNO5S-. The number of benzene rings is 1. The molecule has 0 spiro atoms. The van der Waals surface area contributed by atoms with Crippen molar-refractivity contribution in [2.45, 2.75) is 4.90 Å². The van der Waals surface area contributed by atoms with Crippen LogP contribution in [0.15, 0.2) is 23.1 Å². The average Bonchev–Trinajstić information content (AvgIpc) is 2.02. The molecule has 0 saturated heterocycles. The van der Waals surface area contributed by atoms with Crippen LogP contribution in [0.1, 0.15) is 0 Å². The molecule has 6 nitrogen and oxygen atoms in total. The Morgan fingerprint density at radius 1 is 1.36 bits per heavy atom. The SMILES string of the molecule is O=[N+]([O-])c1cc(S(=O)(=O)[O-])ccc1Cl. The van der Waals surface area contributed by atoms with E-state index in [0.717, 1.165) is 12.1 Å². The summed E-state index contributed by atoms with van der Waals surface area (Å²) in [6.45, 7) is 0. The number of hydrogen-bond acceptors (Lipinski definition) is 5. The van der Waals surface area contributed by atoms with Crippen molar-refractivity contribution in [2.75, 3.05) is 0 Å². The highest BCUT2D eigenvalue weighted by molar-refractivity contribution is 7.85. The van der Waals surface area contributed by atoms with E-state index in [9.17, 15) is 23.1 Å². The van der Waals surface area contributed by atoms with E-state index in [1.807, 2.05) is 0 Å².